The molecule has 3 atom stereocenters. The number of hydrogen-bond acceptors (Lipinski definition) is 8. The van der Waals surface area contributed by atoms with Crippen molar-refractivity contribution >= 4 is 93.8 Å². The monoisotopic (exact) mass is 1020 g/mol. The van der Waals surface area contributed by atoms with E-state index in [1.165, 1.54) is 62.8 Å². The molecule has 1 N–H and O–H groups in total. The molecular weight excluding hydrogens is 966 g/mol. The topological polar surface area (TPSA) is 115 Å². The van der Waals surface area contributed by atoms with E-state index in [1.54, 1.807) is 4.90 Å². The Labute approximate surface area is 385 Å². The van der Waals surface area contributed by atoms with Gasteiger partial charge < -0.3 is 38.3 Å². The number of aryl methyl sites for hydroxylation is 3. The van der Waals surface area contributed by atoms with Crippen molar-refractivity contribution in [1.82, 2.24) is 43.8 Å². The fourth-order valence-corrected chi connectivity index (χ4v) is 10.2. The molecule has 0 aliphatic heterocycles. The molecule has 6 aromatic rings. The molecule has 0 fully saturated rings. The number of aromatic nitrogens is 6. The molecule has 3 aliphatic rings. The minimum atomic E-state index is -0.471. The molecule has 6 aromatic heterocycles. The standard InChI is InChI=1S/C18H24BrN3O2.C14H18BrN3.C13H16BrN3.CH2O/c1-18(2,3)24-17(23)21(4)11-6-8-14-13(10-11)12-7-9-15(19)20-16(12)22(14)5;1-17(2)9-4-6-12-11(8-9)10-5-7-13(15)16-14(10)18(12)3;1-15-8-3-5-11-10(7-8)9-4-6-12(14)16-13(9)17(11)2;1-2/h7,9,11H,6,8,10H2,1-5H3;5,7,9H,4,6,8H2,1-3H3;4,6,8,15H,3,5,7H2,1-2H3;1H2/t11-;9-;8-;/m111./s1. The van der Waals surface area contributed by atoms with Gasteiger partial charge in [-0.1, -0.05) is 0 Å². The Kier molecular flexibility index (Phi) is 14.9. The lowest BCUT2D eigenvalue weighted by molar-refractivity contribution is -0.0980. The number of amides is 1. The Morgan fingerprint density at radius 2 is 1.05 bits per heavy atom. The summed E-state index contributed by atoms with van der Waals surface area (Å²) >= 11 is 10.4. The van der Waals surface area contributed by atoms with Gasteiger partial charge in [0, 0.05) is 79.6 Å². The van der Waals surface area contributed by atoms with Crippen LogP contribution >= 0.6 is 47.8 Å². The molecule has 9 rings (SSSR count). The summed E-state index contributed by atoms with van der Waals surface area (Å²) in [6, 6.07) is 14.0. The third-order valence-corrected chi connectivity index (χ3v) is 13.9. The molecule has 0 saturated carbocycles. The number of ether oxygens (including phenoxy) is 1. The van der Waals surface area contributed by atoms with Crippen molar-refractivity contribution in [2.24, 2.45) is 21.1 Å². The largest absolute Gasteiger partial charge is 0.444 e. The van der Waals surface area contributed by atoms with Crippen LogP contribution in [0.4, 0.5) is 4.79 Å². The number of likely N-dealkylation sites (N-methyl/N-ethyl adjacent to an activating group) is 3. The fraction of sp³-hybridized carbons (Fsp3) is 0.500. The van der Waals surface area contributed by atoms with Crippen LogP contribution in [0.25, 0.3) is 33.1 Å². The molecule has 0 aromatic carbocycles. The SMILES string of the molecule is C=O.CN(C(=O)OC(C)(C)C)[C@@H]1CCc2c(c3ccc(Br)nc3n2C)C1.CN(C)[C@@H]1CCc2c(c3ccc(Br)nc3n2C)C1.CN[C@@H]1CCc2c(c3ccc(Br)nc3n2C)C1. The van der Waals surface area contributed by atoms with Gasteiger partial charge in [-0.2, -0.15) is 0 Å². The molecule has 0 saturated heterocycles. The van der Waals surface area contributed by atoms with E-state index < -0.39 is 5.60 Å². The van der Waals surface area contributed by atoms with E-state index in [-0.39, 0.29) is 12.1 Å². The Morgan fingerprint density at radius 3 is 1.44 bits per heavy atom. The minimum absolute atomic E-state index is 0.154. The van der Waals surface area contributed by atoms with Crippen molar-refractivity contribution in [1.29, 1.82) is 0 Å². The zero-order valence-corrected chi connectivity index (χ0v) is 42.0. The molecule has 15 heteroatoms. The zero-order valence-electron chi connectivity index (χ0n) is 37.2. The lowest BCUT2D eigenvalue weighted by Gasteiger charge is -2.33. The summed E-state index contributed by atoms with van der Waals surface area (Å²) in [6.07, 6.45) is 9.48. The highest BCUT2D eigenvalue weighted by molar-refractivity contribution is 9.11. The number of hydrogen-bond donors (Lipinski definition) is 1. The molecule has 3 aliphatic carbocycles. The first-order valence-corrected chi connectivity index (χ1v) is 23.3. The molecule has 0 radical (unpaired) electrons. The number of nitrogens with zero attached hydrogens (tertiary/aromatic N) is 8. The normalized spacial score (nSPS) is 18.2. The summed E-state index contributed by atoms with van der Waals surface area (Å²) in [6.45, 7) is 7.68. The summed E-state index contributed by atoms with van der Waals surface area (Å²) in [5.74, 6) is 0. The number of halogens is 3. The second kappa shape index (κ2) is 19.4. The van der Waals surface area contributed by atoms with Crippen LogP contribution in [-0.4, -0.2) is 103 Å². The van der Waals surface area contributed by atoms with E-state index in [1.807, 2.05) is 52.8 Å². The predicted molar refractivity (Wildman–Crippen MR) is 257 cm³/mol. The quantitative estimate of drug-likeness (QED) is 0.175. The van der Waals surface area contributed by atoms with Crippen molar-refractivity contribution < 1.29 is 14.3 Å². The molecule has 61 heavy (non-hydrogen) atoms. The van der Waals surface area contributed by atoms with Crippen molar-refractivity contribution in [3.63, 3.8) is 0 Å². The third-order valence-electron chi connectivity index (χ3n) is 12.6. The average molecular weight is 1030 g/mol. The van der Waals surface area contributed by atoms with Crippen LogP contribution in [0.2, 0.25) is 0 Å². The smallest absolute Gasteiger partial charge is 0.410 e. The molecule has 328 valence electrons. The minimum Gasteiger partial charge on any atom is -0.444 e. The summed E-state index contributed by atoms with van der Waals surface area (Å²) < 4.78 is 14.9. The molecule has 1 amide bonds. The van der Waals surface area contributed by atoms with Gasteiger partial charge in [-0.25, -0.2) is 19.7 Å². The highest BCUT2D eigenvalue weighted by atomic mass is 79.9. The second-order valence-electron chi connectivity index (χ2n) is 17.5. The summed E-state index contributed by atoms with van der Waals surface area (Å²) in [5, 5.41) is 7.20. The number of fused-ring (bicyclic) bond motifs is 9. The van der Waals surface area contributed by atoms with Crippen LogP contribution in [0.3, 0.4) is 0 Å². The van der Waals surface area contributed by atoms with Gasteiger partial charge >= 0.3 is 6.09 Å². The molecule has 12 nitrogen and oxygen atoms in total. The average Bonchev–Trinajstić information content (AvgIpc) is 3.79. The maximum atomic E-state index is 12.4. The molecule has 0 bridgehead atoms. The van der Waals surface area contributed by atoms with Crippen molar-refractivity contribution in [2.45, 2.75) is 102 Å². The fourth-order valence-electron chi connectivity index (χ4n) is 9.29. The van der Waals surface area contributed by atoms with Gasteiger partial charge in [0.05, 0.1) is 0 Å². The third kappa shape index (κ3) is 9.96. The van der Waals surface area contributed by atoms with E-state index >= 15 is 0 Å². The summed E-state index contributed by atoms with van der Waals surface area (Å²) in [7, 11) is 14.6. The van der Waals surface area contributed by atoms with Crippen LogP contribution in [-0.2, 0) is 69.2 Å². The summed E-state index contributed by atoms with van der Waals surface area (Å²) in [4.78, 5) is 38.3. The number of pyridine rings is 3. The van der Waals surface area contributed by atoms with E-state index in [0.29, 0.717) is 12.1 Å². The highest BCUT2D eigenvalue weighted by Gasteiger charge is 2.32. The Hall–Kier alpha value is -3.63. The van der Waals surface area contributed by atoms with Crippen molar-refractivity contribution in [3.8, 4) is 0 Å². The predicted octanol–water partition coefficient (Wildman–Crippen LogP) is 9.04. The maximum absolute atomic E-state index is 12.4. The van der Waals surface area contributed by atoms with Gasteiger partial charge in [0.25, 0.3) is 0 Å². The van der Waals surface area contributed by atoms with Crippen LogP contribution in [0.15, 0.2) is 50.2 Å². The van der Waals surface area contributed by atoms with Crippen LogP contribution < -0.4 is 5.32 Å². The van der Waals surface area contributed by atoms with Crippen LogP contribution in [0.5, 0.6) is 0 Å². The Bertz CT molecular complexity index is 2540. The second-order valence-corrected chi connectivity index (χ2v) is 20.0. The van der Waals surface area contributed by atoms with Gasteiger partial charge in [0.2, 0.25) is 0 Å². The first kappa shape index (κ1) is 46.9. The van der Waals surface area contributed by atoms with Gasteiger partial charge in [0.1, 0.15) is 43.1 Å². The van der Waals surface area contributed by atoms with Gasteiger partial charge in [0.15, 0.2) is 0 Å². The van der Waals surface area contributed by atoms with Gasteiger partial charge in [-0.15, -0.1) is 0 Å². The first-order valence-electron chi connectivity index (χ1n) is 20.9. The van der Waals surface area contributed by atoms with Gasteiger partial charge in [-0.05, 0) is 201 Å². The van der Waals surface area contributed by atoms with Crippen LogP contribution in [0.1, 0.15) is 73.8 Å². The van der Waals surface area contributed by atoms with E-state index in [0.717, 1.165) is 75.7 Å². The molecule has 0 spiro atoms. The van der Waals surface area contributed by atoms with Crippen LogP contribution in [0, 0.1) is 0 Å². The van der Waals surface area contributed by atoms with Gasteiger partial charge in [-0.3, -0.25) is 0 Å². The van der Waals surface area contributed by atoms with E-state index in [2.05, 4.69) is 147 Å². The Morgan fingerprint density at radius 1 is 0.672 bits per heavy atom. The maximum Gasteiger partial charge on any atom is 0.410 e. The number of carbonyl (C=O) groups is 2. The summed E-state index contributed by atoms with van der Waals surface area (Å²) in [5.41, 5.74) is 11.3. The number of nitrogens with one attached hydrogen (secondary N) is 1. The lowest BCUT2D eigenvalue weighted by Crippen LogP contribution is -2.43. The Balaban J connectivity index is 0.000000152. The molecule has 6 heterocycles. The highest BCUT2D eigenvalue weighted by Crippen LogP contribution is 2.35. The lowest BCUT2D eigenvalue weighted by atomic mass is 9.91. The number of carbonyl (C=O) groups excluding carboxylic acids is 2. The molecule has 0 unspecified atom stereocenters. The van der Waals surface area contributed by atoms with Crippen molar-refractivity contribution in [3.05, 3.63) is 84.0 Å². The zero-order chi connectivity index (χ0) is 44.5. The first-order chi connectivity index (χ1) is 28.9. The van der Waals surface area contributed by atoms with E-state index in [9.17, 15) is 4.79 Å². The van der Waals surface area contributed by atoms with E-state index in [4.69, 9.17) is 9.53 Å². The molecular formula is C46H60Br3N9O3. The number of rotatable bonds is 3. The van der Waals surface area contributed by atoms with Crippen molar-refractivity contribution in [2.75, 3.05) is 28.2 Å².